The Kier molecular flexibility index (Phi) is 2.54. The van der Waals surface area contributed by atoms with Crippen LogP contribution in [0.5, 0.6) is 0 Å². The van der Waals surface area contributed by atoms with Gasteiger partial charge >= 0.3 is 98.8 Å². The molecule has 2 aliphatic heterocycles. The van der Waals surface area contributed by atoms with E-state index < -0.39 is 0 Å². The molecule has 2 heterocycles. The summed E-state index contributed by atoms with van der Waals surface area (Å²) in [7, 11) is 0. The van der Waals surface area contributed by atoms with Gasteiger partial charge in [-0.15, -0.1) is 0 Å². The molecule has 3 heteroatoms. The monoisotopic (exact) mass is 290 g/mol. The van der Waals surface area contributed by atoms with E-state index >= 15 is 0 Å². The van der Waals surface area contributed by atoms with Crippen LogP contribution in [0.1, 0.15) is 27.7 Å². The van der Waals surface area contributed by atoms with Crippen molar-refractivity contribution in [3.05, 3.63) is 24.3 Å². The molecule has 0 aliphatic carbocycles. The molecule has 2 unspecified atom stereocenters. The summed E-state index contributed by atoms with van der Waals surface area (Å²) in [6, 6.07) is 0. The van der Waals surface area contributed by atoms with Crippen molar-refractivity contribution in [1.82, 2.24) is 0 Å². The van der Waals surface area contributed by atoms with Crippen molar-refractivity contribution >= 4 is 11.4 Å². The minimum absolute atomic E-state index is 0.0179. The number of hydrogen-bond donors (Lipinski definition) is 0. The molecule has 82 valence electrons. The summed E-state index contributed by atoms with van der Waals surface area (Å²) in [5.41, 5.74) is 2.27. The SMILES string of the molecule is CC1=N[C](C)([Ru][C]2(C)C=CC(C)=N2)C=C1. The van der Waals surface area contributed by atoms with Crippen LogP contribution >= 0.6 is 0 Å². The van der Waals surface area contributed by atoms with Gasteiger partial charge in [0.05, 0.1) is 0 Å². The van der Waals surface area contributed by atoms with Crippen LogP contribution in [0, 0.1) is 0 Å². The summed E-state index contributed by atoms with van der Waals surface area (Å²) in [6.45, 7) is 8.54. The zero-order valence-corrected chi connectivity index (χ0v) is 11.3. The molecule has 0 spiro atoms. The van der Waals surface area contributed by atoms with Gasteiger partial charge in [0, 0.05) is 0 Å². The summed E-state index contributed by atoms with van der Waals surface area (Å²) < 4.78 is 0.0357. The normalized spacial score (nSPS) is 38.7. The molecule has 15 heavy (non-hydrogen) atoms. The van der Waals surface area contributed by atoms with E-state index in [9.17, 15) is 0 Å². The van der Waals surface area contributed by atoms with Crippen LogP contribution in [0.25, 0.3) is 0 Å². The molecule has 2 nitrogen and oxygen atoms in total. The first-order valence-electron chi connectivity index (χ1n) is 5.07. The van der Waals surface area contributed by atoms with Gasteiger partial charge in [0.1, 0.15) is 0 Å². The van der Waals surface area contributed by atoms with Gasteiger partial charge < -0.3 is 0 Å². The van der Waals surface area contributed by atoms with E-state index in [0.29, 0.717) is 0 Å². The van der Waals surface area contributed by atoms with E-state index in [1.54, 1.807) is 0 Å². The Morgan fingerprint density at radius 1 is 0.933 bits per heavy atom. The van der Waals surface area contributed by atoms with E-state index in [1.165, 1.54) is 0 Å². The standard InChI is InChI=1S/2C6H8N.Ru/c2*1-5-3-4-6(2)7-5;/h2*3-4H,1-2H3;. The predicted molar refractivity (Wildman–Crippen MR) is 61.3 cm³/mol. The first-order chi connectivity index (χ1) is 6.91. The van der Waals surface area contributed by atoms with E-state index in [1.807, 2.05) is 0 Å². The maximum atomic E-state index is 4.70. The molecule has 0 aromatic heterocycles. The molecule has 0 radical (unpaired) electrons. The third-order valence-corrected chi connectivity index (χ3v) is 5.12. The van der Waals surface area contributed by atoms with Crippen molar-refractivity contribution < 1.29 is 17.1 Å². The van der Waals surface area contributed by atoms with Crippen LogP contribution in [0.15, 0.2) is 34.3 Å². The van der Waals surface area contributed by atoms with Crippen LogP contribution in [-0.2, 0) is 17.1 Å². The molecule has 0 saturated carbocycles. The fourth-order valence-corrected chi connectivity index (χ4v) is 5.00. The fourth-order valence-electron chi connectivity index (χ4n) is 1.83. The van der Waals surface area contributed by atoms with Crippen molar-refractivity contribution in [3.8, 4) is 0 Å². The fraction of sp³-hybridized carbons (Fsp3) is 0.500. The molecule has 2 aliphatic rings. The van der Waals surface area contributed by atoms with Gasteiger partial charge in [-0.2, -0.15) is 0 Å². The average molecular weight is 289 g/mol. The summed E-state index contributed by atoms with van der Waals surface area (Å²) in [4.78, 5) is 9.39. The zero-order valence-electron chi connectivity index (χ0n) is 9.56. The molecule has 0 bridgehead atoms. The van der Waals surface area contributed by atoms with E-state index in [4.69, 9.17) is 9.98 Å². The zero-order chi connectivity index (χ0) is 11.1. The van der Waals surface area contributed by atoms with Gasteiger partial charge in [0.2, 0.25) is 0 Å². The number of nitrogens with zero attached hydrogens (tertiary/aromatic N) is 2. The predicted octanol–water partition coefficient (Wildman–Crippen LogP) is 2.56. The second kappa shape index (κ2) is 3.48. The third kappa shape index (κ3) is 2.34. The number of hydrogen-bond acceptors (Lipinski definition) is 2. The van der Waals surface area contributed by atoms with Gasteiger partial charge in [-0.05, 0) is 0 Å². The molecule has 0 fully saturated rings. The molecule has 0 saturated heterocycles. The topological polar surface area (TPSA) is 24.7 Å². The molecule has 2 rings (SSSR count). The molecule has 0 aromatic carbocycles. The second-order valence-electron chi connectivity index (χ2n) is 4.26. The van der Waals surface area contributed by atoms with E-state index in [2.05, 4.69) is 52.0 Å². The van der Waals surface area contributed by atoms with Gasteiger partial charge in [0.15, 0.2) is 0 Å². The maximum absolute atomic E-state index is 4.70. The number of rotatable bonds is 2. The van der Waals surface area contributed by atoms with E-state index in [0.717, 1.165) is 11.4 Å². The van der Waals surface area contributed by atoms with Crippen LogP contribution < -0.4 is 0 Å². The second-order valence-corrected chi connectivity index (χ2v) is 8.21. The summed E-state index contributed by atoms with van der Waals surface area (Å²) in [6.07, 6.45) is 8.69. The first-order valence-corrected chi connectivity index (χ1v) is 6.81. The van der Waals surface area contributed by atoms with E-state index in [-0.39, 0.29) is 25.4 Å². The summed E-state index contributed by atoms with van der Waals surface area (Å²) >= 11 is 0.0473. The van der Waals surface area contributed by atoms with Crippen molar-refractivity contribution in [3.63, 3.8) is 0 Å². The Bertz CT molecular complexity index is 368. The number of allylic oxidation sites excluding steroid dienone is 2. The van der Waals surface area contributed by atoms with Crippen molar-refractivity contribution in [2.24, 2.45) is 9.98 Å². The summed E-state index contributed by atoms with van der Waals surface area (Å²) in [5.74, 6) is 0. The third-order valence-electron chi connectivity index (χ3n) is 2.39. The minimum atomic E-state index is 0.0179. The van der Waals surface area contributed by atoms with Crippen molar-refractivity contribution in [2.75, 3.05) is 0 Å². The molecule has 0 amide bonds. The Balaban J connectivity index is 2.18. The average Bonchev–Trinajstić information content (AvgIpc) is 2.57. The molecule has 0 aromatic rings. The van der Waals surface area contributed by atoms with Gasteiger partial charge in [-0.1, -0.05) is 0 Å². The van der Waals surface area contributed by atoms with Gasteiger partial charge in [-0.25, -0.2) is 0 Å². The molecule has 0 N–H and O–H groups in total. The molecule has 2 atom stereocenters. The molecular formula is C12H16N2Ru. The Morgan fingerprint density at radius 3 is 1.60 bits per heavy atom. The quantitative estimate of drug-likeness (QED) is 0.698. The van der Waals surface area contributed by atoms with Crippen LogP contribution in [0.3, 0.4) is 0 Å². The number of aliphatic imine (C=N–C) groups is 2. The Hall–Kier alpha value is -0.557. The summed E-state index contributed by atoms with van der Waals surface area (Å²) in [5, 5.41) is 0. The van der Waals surface area contributed by atoms with Gasteiger partial charge in [0.25, 0.3) is 0 Å². The van der Waals surface area contributed by atoms with Crippen molar-refractivity contribution in [1.29, 1.82) is 0 Å². The van der Waals surface area contributed by atoms with Crippen LogP contribution in [0.2, 0.25) is 0 Å². The Labute approximate surface area is 98.9 Å². The van der Waals surface area contributed by atoms with Gasteiger partial charge in [-0.3, -0.25) is 0 Å². The molecular weight excluding hydrogens is 273 g/mol. The first kappa shape index (κ1) is 10.9. The van der Waals surface area contributed by atoms with Crippen molar-refractivity contribution in [2.45, 2.75) is 36.0 Å². The Morgan fingerprint density at radius 2 is 1.33 bits per heavy atom. The van der Waals surface area contributed by atoms with Crippen LogP contribution in [0.4, 0.5) is 0 Å². The van der Waals surface area contributed by atoms with Crippen LogP contribution in [-0.4, -0.2) is 19.7 Å².